The topological polar surface area (TPSA) is 83.9 Å². The van der Waals surface area contributed by atoms with Gasteiger partial charge in [0.2, 0.25) is 0 Å². The number of methoxy groups -OCH3 is 1. The molecule has 3 heterocycles. The number of nitrogens with one attached hydrogen (secondary N) is 1. The Labute approximate surface area is 157 Å². The quantitative estimate of drug-likeness (QED) is 0.736. The summed E-state index contributed by atoms with van der Waals surface area (Å²) in [5.41, 5.74) is -0.0970. The molecule has 0 unspecified atom stereocenters. The Hall–Kier alpha value is -2.21. The van der Waals surface area contributed by atoms with Crippen molar-refractivity contribution in [3.05, 3.63) is 17.8 Å². The van der Waals surface area contributed by atoms with Crippen LogP contribution in [0.15, 0.2) is 12.3 Å². The standard InChI is InChI=1S/C14H19F2N3O2.C2HF3O2/c1-20-8-10-6-9-7-17-4-5-19(9)14-12(21-10)11(13(15)16)2-3-18-14;3-2(4,5)1(6)7/h2-3,9-10,13,17H,4-8H2,1H3;(H,6,7)/t9-,10+;/m1./s1. The number of alkyl halides is 5. The van der Waals surface area contributed by atoms with Gasteiger partial charge in [-0.05, 0) is 6.07 Å². The Morgan fingerprint density at radius 1 is 1.50 bits per heavy atom. The number of hydrogen-bond acceptors (Lipinski definition) is 6. The van der Waals surface area contributed by atoms with E-state index in [0.717, 1.165) is 26.1 Å². The van der Waals surface area contributed by atoms with Crippen LogP contribution < -0.4 is 15.0 Å². The molecule has 2 atom stereocenters. The summed E-state index contributed by atoms with van der Waals surface area (Å²) in [5.74, 6) is -2.02. The third-order valence-electron chi connectivity index (χ3n) is 4.19. The lowest BCUT2D eigenvalue weighted by Gasteiger charge is -2.36. The number of rotatable bonds is 3. The number of ether oxygens (including phenoxy) is 2. The molecule has 2 aliphatic heterocycles. The van der Waals surface area contributed by atoms with Gasteiger partial charge >= 0.3 is 12.1 Å². The van der Waals surface area contributed by atoms with E-state index in [0.29, 0.717) is 12.4 Å². The molecule has 0 bridgehead atoms. The van der Waals surface area contributed by atoms with Crippen molar-refractivity contribution in [3.63, 3.8) is 0 Å². The van der Waals surface area contributed by atoms with Crippen LogP contribution in [0.1, 0.15) is 18.4 Å². The molecule has 28 heavy (non-hydrogen) atoms. The Morgan fingerprint density at radius 3 is 2.75 bits per heavy atom. The van der Waals surface area contributed by atoms with E-state index in [1.165, 1.54) is 12.3 Å². The minimum absolute atomic E-state index is 0.0970. The van der Waals surface area contributed by atoms with Crippen LogP contribution in [0.25, 0.3) is 0 Å². The number of piperazine rings is 1. The van der Waals surface area contributed by atoms with Crippen molar-refractivity contribution in [1.29, 1.82) is 0 Å². The lowest BCUT2D eigenvalue weighted by atomic mass is 10.1. The molecular weight excluding hydrogens is 393 g/mol. The van der Waals surface area contributed by atoms with Crippen molar-refractivity contribution < 1.29 is 41.3 Å². The second kappa shape index (κ2) is 9.32. The third kappa shape index (κ3) is 5.41. The molecule has 0 saturated carbocycles. The van der Waals surface area contributed by atoms with Crippen LogP contribution in [-0.2, 0) is 9.53 Å². The molecule has 12 heteroatoms. The predicted octanol–water partition coefficient (Wildman–Crippen LogP) is 2.23. The molecule has 2 N–H and O–H groups in total. The second-order valence-corrected chi connectivity index (χ2v) is 6.14. The van der Waals surface area contributed by atoms with Crippen molar-refractivity contribution in [3.8, 4) is 5.75 Å². The Balaban J connectivity index is 0.000000345. The smallest absolute Gasteiger partial charge is 0.484 e. The fraction of sp³-hybridized carbons (Fsp3) is 0.625. The van der Waals surface area contributed by atoms with Crippen LogP contribution in [0.4, 0.5) is 27.8 Å². The number of carboxylic acid groups (broad SMARTS) is 1. The molecule has 1 fully saturated rings. The van der Waals surface area contributed by atoms with E-state index >= 15 is 0 Å². The van der Waals surface area contributed by atoms with Crippen molar-refractivity contribution in [2.45, 2.75) is 31.2 Å². The fourth-order valence-corrected chi connectivity index (χ4v) is 3.01. The predicted molar refractivity (Wildman–Crippen MR) is 87.8 cm³/mol. The van der Waals surface area contributed by atoms with Crippen LogP contribution in [-0.4, -0.2) is 67.7 Å². The minimum Gasteiger partial charge on any atom is -0.484 e. The molecule has 3 rings (SSSR count). The number of hydrogen-bond donors (Lipinski definition) is 2. The first kappa shape index (κ1) is 22.1. The molecule has 7 nitrogen and oxygen atoms in total. The number of nitrogens with zero attached hydrogens (tertiary/aromatic N) is 2. The minimum atomic E-state index is -5.08. The van der Waals surface area contributed by atoms with Crippen molar-refractivity contribution >= 4 is 11.8 Å². The number of aromatic nitrogens is 1. The van der Waals surface area contributed by atoms with E-state index in [9.17, 15) is 22.0 Å². The first-order valence-corrected chi connectivity index (χ1v) is 8.35. The zero-order valence-electron chi connectivity index (χ0n) is 14.9. The number of pyridine rings is 1. The summed E-state index contributed by atoms with van der Waals surface area (Å²) in [6.07, 6.45) is -5.76. The summed E-state index contributed by atoms with van der Waals surface area (Å²) in [4.78, 5) is 15.3. The third-order valence-corrected chi connectivity index (χ3v) is 4.19. The van der Waals surface area contributed by atoms with E-state index in [-0.39, 0.29) is 23.5 Å². The average Bonchev–Trinajstić information content (AvgIpc) is 2.77. The molecule has 1 saturated heterocycles. The van der Waals surface area contributed by atoms with Gasteiger partial charge in [0.1, 0.15) is 6.10 Å². The van der Waals surface area contributed by atoms with E-state index in [1.807, 2.05) is 0 Å². The number of fused-ring (bicyclic) bond motifs is 3. The SMILES string of the molecule is COC[C@@H]1C[C@@H]2CNCCN2c2nccc(C(F)F)c2O1.O=C(O)C(F)(F)F. The number of aliphatic carboxylic acids is 1. The average molecular weight is 413 g/mol. The first-order valence-electron chi connectivity index (χ1n) is 8.35. The van der Waals surface area contributed by atoms with Crippen LogP contribution in [0.2, 0.25) is 0 Å². The Kier molecular flexibility index (Phi) is 7.35. The summed E-state index contributed by atoms with van der Waals surface area (Å²) in [6.45, 7) is 2.72. The Bertz CT molecular complexity index is 674. The number of halogens is 5. The highest BCUT2D eigenvalue weighted by atomic mass is 19.4. The summed E-state index contributed by atoms with van der Waals surface area (Å²) >= 11 is 0. The molecule has 1 aromatic heterocycles. The van der Waals surface area contributed by atoms with Crippen LogP contribution >= 0.6 is 0 Å². The number of carboxylic acids is 1. The molecule has 1 aromatic rings. The van der Waals surface area contributed by atoms with E-state index < -0.39 is 18.6 Å². The van der Waals surface area contributed by atoms with Crippen molar-refractivity contribution in [2.24, 2.45) is 0 Å². The molecule has 0 aromatic carbocycles. The zero-order valence-corrected chi connectivity index (χ0v) is 14.9. The molecule has 158 valence electrons. The first-order chi connectivity index (χ1) is 13.1. The Morgan fingerprint density at radius 2 is 2.18 bits per heavy atom. The summed E-state index contributed by atoms with van der Waals surface area (Å²) in [7, 11) is 1.59. The van der Waals surface area contributed by atoms with Gasteiger partial charge in [0, 0.05) is 45.4 Å². The normalized spacial score (nSPS) is 21.6. The van der Waals surface area contributed by atoms with Crippen LogP contribution in [0.3, 0.4) is 0 Å². The lowest BCUT2D eigenvalue weighted by Crippen LogP contribution is -2.52. The summed E-state index contributed by atoms with van der Waals surface area (Å²) in [5, 5.41) is 10.5. The van der Waals surface area contributed by atoms with Gasteiger partial charge in [-0.2, -0.15) is 13.2 Å². The van der Waals surface area contributed by atoms with E-state index in [2.05, 4.69) is 15.2 Å². The highest BCUT2D eigenvalue weighted by molar-refractivity contribution is 5.73. The van der Waals surface area contributed by atoms with Gasteiger partial charge in [-0.3, -0.25) is 0 Å². The maximum absolute atomic E-state index is 13.3. The van der Waals surface area contributed by atoms with E-state index in [4.69, 9.17) is 19.4 Å². The van der Waals surface area contributed by atoms with Crippen molar-refractivity contribution in [2.75, 3.05) is 38.3 Å². The monoisotopic (exact) mass is 413 g/mol. The summed E-state index contributed by atoms with van der Waals surface area (Å²) in [6, 6.07) is 1.51. The number of anilines is 1. The maximum Gasteiger partial charge on any atom is 0.490 e. The second-order valence-electron chi connectivity index (χ2n) is 6.14. The number of carbonyl (C=O) groups is 1. The van der Waals surface area contributed by atoms with Gasteiger partial charge in [0.05, 0.1) is 12.2 Å². The van der Waals surface area contributed by atoms with Gasteiger partial charge in [-0.15, -0.1) is 0 Å². The van der Waals surface area contributed by atoms with Gasteiger partial charge < -0.3 is 24.8 Å². The fourth-order valence-electron chi connectivity index (χ4n) is 3.01. The molecule has 0 amide bonds. The molecule has 0 radical (unpaired) electrons. The molecule has 0 spiro atoms. The van der Waals surface area contributed by atoms with Gasteiger partial charge in [0.25, 0.3) is 6.43 Å². The maximum atomic E-state index is 13.3. The van der Waals surface area contributed by atoms with E-state index in [1.54, 1.807) is 7.11 Å². The zero-order chi connectivity index (χ0) is 20.9. The van der Waals surface area contributed by atoms with Crippen LogP contribution in [0.5, 0.6) is 5.75 Å². The van der Waals surface area contributed by atoms with Gasteiger partial charge in [-0.25, -0.2) is 18.6 Å². The summed E-state index contributed by atoms with van der Waals surface area (Å²) < 4.78 is 69.3. The lowest BCUT2D eigenvalue weighted by molar-refractivity contribution is -0.192. The van der Waals surface area contributed by atoms with Crippen molar-refractivity contribution in [1.82, 2.24) is 10.3 Å². The van der Waals surface area contributed by atoms with Gasteiger partial charge in [0.15, 0.2) is 11.6 Å². The highest BCUT2D eigenvalue weighted by Gasteiger charge is 2.38. The largest absolute Gasteiger partial charge is 0.490 e. The molecule has 0 aliphatic carbocycles. The molecular formula is C16H20F5N3O4. The highest BCUT2D eigenvalue weighted by Crippen LogP contribution is 2.40. The molecule has 2 aliphatic rings. The van der Waals surface area contributed by atoms with Crippen LogP contribution in [0, 0.1) is 0 Å². The van der Waals surface area contributed by atoms with Gasteiger partial charge in [-0.1, -0.05) is 0 Å².